The van der Waals surface area contributed by atoms with Crippen LogP contribution in [0.4, 0.5) is 0 Å². The molecule has 2 heterocycles. The Kier molecular flexibility index (Phi) is 3.99. The number of aromatic nitrogens is 2. The van der Waals surface area contributed by atoms with E-state index in [2.05, 4.69) is 14.9 Å². The fourth-order valence-electron chi connectivity index (χ4n) is 3.21. The molecule has 1 aliphatic carbocycles. The van der Waals surface area contributed by atoms with Crippen LogP contribution < -0.4 is 4.72 Å². The highest BCUT2D eigenvalue weighted by Crippen LogP contribution is 2.29. The van der Waals surface area contributed by atoms with Crippen LogP contribution in [-0.4, -0.2) is 48.6 Å². The Morgan fingerprint density at radius 3 is 2.81 bits per heavy atom. The molecule has 0 radical (unpaired) electrons. The average molecular weight is 312 g/mol. The van der Waals surface area contributed by atoms with E-state index in [4.69, 9.17) is 0 Å². The molecule has 0 aromatic carbocycles. The highest BCUT2D eigenvalue weighted by molar-refractivity contribution is 7.89. The molecule has 0 bridgehead atoms. The second kappa shape index (κ2) is 5.76. The van der Waals surface area contributed by atoms with Gasteiger partial charge >= 0.3 is 0 Å². The molecule has 21 heavy (non-hydrogen) atoms. The zero-order valence-electron chi connectivity index (χ0n) is 11.8. The lowest BCUT2D eigenvalue weighted by molar-refractivity contribution is -0.129. The van der Waals surface area contributed by atoms with Gasteiger partial charge in [0.25, 0.3) is 0 Å². The average Bonchev–Trinajstić information content (AvgIpc) is 3.18. The van der Waals surface area contributed by atoms with E-state index in [9.17, 15) is 13.2 Å². The third-order valence-electron chi connectivity index (χ3n) is 4.35. The van der Waals surface area contributed by atoms with Crippen LogP contribution in [0.25, 0.3) is 0 Å². The highest BCUT2D eigenvalue weighted by Gasteiger charge is 2.35. The second-order valence-electron chi connectivity index (χ2n) is 5.84. The van der Waals surface area contributed by atoms with Crippen molar-refractivity contribution < 1.29 is 13.2 Å². The van der Waals surface area contributed by atoms with Gasteiger partial charge in [-0.15, -0.1) is 0 Å². The third kappa shape index (κ3) is 3.11. The number of hydrogen-bond donors (Lipinski definition) is 2. The maximum Gasteiger partial charge on any atom is 0.243 e. The van der Waals surface area contributed by atoms with Crippen molar-refractivity contribution in [3.63, 3.8) is 0 Å². The van der Waals surface area contributed by atoms with Gasteiger partial charge in [-0.05, 0) is 18.8 Å². The van der Waals surface area contributed by atoms with Crippen molar-refractivity contribution in [3.05, 3.63) is 12.4 Å². The lowest BCUT2D eigenvalue weighted by Crippen LogP contribution is -2.36. The number of hydrogen-bond acceptors (Lipinski definition) is 4. The number of nitrogens with one attached hydrogen (secondary N) is 2. The minimum absolute atomic E-state index is 0.0553. The fourth-order valence-corrected chi connectivity index (χ4v) is 4.23. The molecule has 116 valence electrons. The molecule has 1 aromatic rings. The molecule has 2 fully saturated rings. The Bertz CT molecular complexity index is 593. The van der Waals surface area contributed by atoms with Crippen LogP contribution in [0.3, 0.4) is 0 Å². The normalized spacial score (nSPS) is 24.1. The third-order valence-corrected chi connectivity index (χ3v) is 5.74. The van der Waals surface area contributed by atoms with Gasteiger partial charge < -0.3 is 4.90 Å². The van der Waals surface area contributed by atoms with Crippen molar-refractivity contribution >= 4 is 15.9 Å². The van der Waals surface area contributed by atoms with Crippen molar-refractivity contribution in [2.75, 3.05) is 13.1 Å². The summed E-state index contributed by atoms with van der Waals surface area (Å²) in [6.45, 7) is 0.958. The highest BCUT2D eigenvalue weighted by atomic mass is 32.2. The molecule has 1 aromatic heterocycles. The van der Waals surface area contributed by atoms with E-state index < -0.39 is 10.0 Å². The number of H-pyrrole nitrogens is 1. The molecule has 0 spiro atoms. The van der Waals surface area contributed by atoms with Crippen LogP contribution in [-0.2, 0) is 14.8 Å². The molecule has 3 rings (SSSR count). The Morgan fingerprint density at radius 2 is 2.14 bits per heavy atom. The first kappa shape index (κ1) is 14.5. The van der Waals surface area contributed by atoms with Gasteiger partial charge in [-0.3, -0.25) is 9.89 Å². The number of carbonyl (C=O) groups excluding carboxylic acids is 1. The van der Waals surface area contributed by atoms with Gasteiger partial charge in [0, 0.05) is 31.7 Å². The van der Waals surface area contributed by atoms with Gasteiger partial charge in [0.1, 0.15) is 4.90 Å². The fraction of sp³-hybridized carbons (Fsp3) is 0.692. The van der Waals surface area contributed by atoms with Gasteiger partial charge in [0.15, 0.2) is 0 Å². The van der Waals surface area contributed by atoms with Crippen molar-refractivity contribution in [2.24, 2.45) is 5.92 Å². The van der Waals surface area contributed by atoms with Gasteiger partial charge in [-0.1, -0.05) is 12.8 Å². The summed E-state index contributed by atoms with van der Waals surface area (Å²) in [5.74, 6) is 0.217. The molecular formula is C13H20N4O3S. The Balaban J connectivity index is 1.56. The largest absolute Gasteiger partial charge is 0.339 e. The van der Waals surface area contributed by atoms with E-state index in [0.717, 1.165) is 12.8 Å². The van der Waals surface area contributed by atoms with E-state index in [1.807, 2.05) is 4.90 Å². The smallest absolute Gasteiger partial charge is 0.243 e. The maximum absolute atomic E-state index is 12.1. The minimum atomic E-state index is -3.53. The van der Waals surface area contributed by atoms with E-state index in [1.165, 1.54) is 25.2 Å². The lowest BCUT2D eigenvalue weighted by atomic mass is 10.1. The molecule has 1 aliphatic heterocycles. The van der Waals surface area contributed by atoms with Crippen LogP contribution in [0.5, 0.6) is 0 Å². The Hall–Kier alpha value is -1.41. The van der Waals surface area contributed by atoms with Crippen molar-refractivity contribution in [1.82, 2.24) is 19.8 Å². The van der Waals surface area contributed by atoms with E-state index in [-0.39, 0.29) is 16.7 Å². The first-order chi connectivity index (χ1) is 10.1. The van der Waals surface area contributed by atoms with Crippen molar-refractivity contribution in [2.45, 2.75) is 43.0 Å². The Labute approximate surface area is 124 Å². The molecular weight excluding hydrogens is 292 g/mol. The summed E-state index contributed by atoms with van der Waals surface area (Å²) in [6.07, 6.45) is 7.58. The summed E-state index contributed by atoms with van der Waals surface area (Å²) in [6, 6.07) is 0.369. The van der Waals surface area contributed by atoms with Crippen LogP contribution in [0.15, 0.2) is 17.3 Å². The minimum Gasteiger partial charge on any atom is -0.339 e. The number of rotatable bonds is 5. The van der Waals surface area contributed by atoms with Crippen LogP contribution >= 0.6 is 0 Å². The number of carbonyl (C=O) groups is 1. The predicted molar refractivity (Wildman–Crippen MR) is 75.9 cm³/mol. The van der Waals surface area contributed by atoms with Crippen LogP contribution in [0.2, 0.25) is 0 Å². The van der Waals surface area contributed by atoms with Crippen LogP contribution in [0, 0.1) is 5.92 Å². The second-order valence-corrected chi connectivity index (χ2v) is 7.61. The van der Waals surface area contributed by atoms with E-state index in [1.54, 1.807) is 0 Å². The lowest BCUT2D eigenvalue weighted by Gasteiger charge is -2.24. The van der Waals surface area contributed by atoms with Gasteiger partial charge in [-0.2, -0.15) is 5.10 Å². The number of sulfonamides is 1. The molecule has 1 amide bonds. The zero-order valence-corrected chi connectivity index (χ0v) is 12.6. The number of nitrogens with zero attached hydrogens (tertiary/aromatic N) is 2. The molecule has 1 saturated heterocycles. The molecule has 2 aliphatic rings. The predicted octanol–water partition coefficient (Wildman–Crippen LogP) is 0.479. The summed E-state index contributed by atoms with van der Waals surface area (Å²) in [4.78, 5) is 14.1. The summed E-state index contributed by atoms with van der Waals surface area (Å²) in [7, 11) is -3.53. The summed E-state index contributed by atoms with van der Waals surface area (Å²) >= 11 is 0. The van der Waals surface area contributed by atoms with Crippen LogP contribution in [0.1, 0.15) is 32.1 Å². The van der Waals surface area contributed by atoms with Crippen molar-refractivity contribution in [3.8, 4) is 0 Å². The quantitative estimate of drug-likeness (QED) is 0.826. The summed E-state index contributed by atoms with van der Waals surface area (Å²) in [5, 5.41) is 6.12. The molecule has 8 heteroatoms. The molecule has 1 atom stereocenters. The summed E-state index contributed by atoms with van der Waals surface area (Å²) in [5.41, 5.74) is 0. The molecule has 2 N–H and O–H groups in total. The SMILES string of the molecule is O=C1C[C@H](CNS(=O)(=O)c2cn[nH]c2)CN1C1CCCC1. The van der Waals surface area contributed by atoms with Gasteiger partial charge in [-0.25, -0.2) is 13.1 Å². The maximum atomic E-state index is 12.1. The first-order valence-corrected chi connectivity index (χ1v) is 8.82. The van der Waals surface area contributed by atoms with E-state index >= 15 is 0 Å². The number of aromatic amines is 1. The Morgan fingerprint density at radius 1 is 1.38 bits per heavy atom. The zero-order chi connectivity index (χ0) is 14.9. The van der Waals surface area contributed by atoms with Gasteiger partial charge in [0.2, 0.25) is 15.9 Å². The molecule has 7 nitrogen and oxygen atoms in total. The standard InChI is InChI=1S/C13H20N4O3S/c18-13-5-10(9-17(13)11-3-1-2-4-11)6-16-21(19,20)12-7-14-15-8-12/h7-8,10-11,16H,1-6,9H2,(H,14,15)/t10-/m1/s1. The molecule has 1 saturated carbocycles. The number of likely N-dealkylation sites (tertiary alicyclic amines) is 1. The monoisotopic (exact) mass is 312 g/mol. The van der Waals surface area contributed by atoms with Gasteiger partial charge in [0.05, 0.1) is 6.20 Å². The first-order valence-electron chi connectivity index (χ1n) is 7.34. The van der Waals surface area contributed by atoms with Crippen molar-refractivity contribution in [1.29, 1.82) is 0 Å². The topological polar surface area (TPSA) is 95.2 Å². The molecule has 0 unspecified atom stereocenters. The summed E-state index contributed by atoms with van der Waals surface area (Å²) < 4.78 is 26.6. The number of amides is 1. The van der Waals surface area contributed by atoms with E-state index in [0.29, 0.717) is 25.6 Å².